The molecule has 112 valence electrons. The van der Waals surface area contributed by atoms with Crippen LogP contribution in [-0.4, -0.2) is 6.54 Å². The normalized spacial score (nSPS) is 11.6. The molecule has 2 aromatic rings. The summed E-state index contributed by atoms with van der Waals surface area (Å²) in [5.41, 5.74) is -0.286. The largest absolute Gasteiger partial charge is 0.416 e. The molecule has 0 amide bonds. The Balaban J connectivity index is 2.28. The maximum Gasteiger partial charge on any atom is 0.416 e. The monoisotopic (exact) mass is 311 g/mol. The minimum absolute atomic E-state index is 0.224. The zero-order valence-corrected chi connectivity index (χ0v) is 12.4. The van der Waals surface area contributed by atoms with E-state index >= 15 is 0 Å². The fourth-order valence-electron chi connectivity index (χ4n) is 1.92. The second kappa shape index (κ2) is 7.00. The Labute approximate surface area is 126 Å². The number of benzene rings is 2. The molecule has 0 radical (unpaired) electrons. The summed E-state index contributed by atoms with van der Waals surface area (Å²) in [6, 6.07) is 13.9. The molecule has 5 heteroatoms. The van der Waals surface area contributed by atoms with Gasteiger partial charge in [-0.3, -0.25) is 0 Å². The summed E-state index contributed by atoms with van der Waals surface area (Å²) >= 11 is 1.33. The quantitative estimate of drug-likeness (QED) is 0.837. The highest BCUT2D eigenvalue weighted by atomic mass is 32.2. The second-order valence-electron chi connectivity index (χ2n) is 4.51. The van der Waals surface area contributed by atoms with Crippen LogP contribution in [0.3, 0.4) is 0 Å². The van der Waals surface area contributed by atoms with E-state index in [0.717, 1.165) is 4.90 Å². The van der Waals surface area contributed by atoms with Gasteiger partial charge in [-0.05, 0) is 36.4 Å². The van der Waals surface area contributed by atoms with Gasteiger partial charge in [0.05, 0.1) is 5.56 Å². The molecule has 0 aliphatic rings. The number of nitrogens with one attached hydrogen (secondary N) is 1. The Kier molecular flexibility index (Phi) is 5.31. The van der Waals surface area contributed by atoms with Crippen molar-refractivity contribution in [3.63, 3.8) is 0 Å². The van der Waals surface area contributed by atoms with Crippen LogP contribution in [0, 0.1) is 0 Å². The van der Waals surface area contributed by atoms with Gasteiger partial charge in [-0.2, -0.15) is 13.2 Å². The van der Waals surface area contributed by atoms with E-state index in [4.69, 9.17) is 0 Å². The van der Waals surface area contributed by atoms with Crippen molar-refractivity contribution in [2.24, 2.45) is 0 Å². The second-order valence-corrected chi connectivity index (χ2v) is 5.66. The van der Waals surface area contributed by atoms with E-state index in [1.54, 1.807) is 12.1 Å². The van der Waals surface area contributed by atoms with Crippen LogP contribution in [0.1, 0.15) is 18.1 Å². The van der Waals surface area contributed by atoms with Gasteiger partial charge < -0.3 is 5.32 Å². The lowest BCUT2D eigenvalue weighted by atomic mass is 10.1. The van der Waals surface area contributed by atoms with Crippen LogP contribution in [0.15, 0.2) is 58.3 Å². The summed E-state index contributed by atoms with van der Waals surface area (Å²) in [5, 5.41) is 2.94. The fraction of sp³-hybridized carbons (Fsp3) is 0.250. The molecule has 2 aromatic carbocycles. The molecule has 0 atom stereocenters. The van der Waals surface area contributed by atoms with Gasteiger partial charge in [0.15, 0.2) is 0 Å². The molecule has 0 fully saturated rings. The molecule has 0 saturated carbocycles. The average Bonchev–Trinajstić information content (AvgIpc) is 2.46. The summed E-state index contributed by atoms with van der Waals surface area (Å²) in [6.07, 6.45) is -4.34. The fourth-order valence-corrected chi connectivity index (χ4v) is 2.80. The van der Waals surface area contributed by atoms with Gasteiger partial charge in [0, 0.05) is 16.3 Å². The van der Waals surface area contributed by atoms with E-state index in [9.17, 15) is 13.2 Å². The molecule has 0 saturated heterocycles. The highest BCUT2D eigenvalue weighted by Gasteiger charge is 2.33. The zero-order valence-electron chi connectivity index (χ0n) is 11.6. The molecule has 0 heterocycles. The molecule has 0 spiro atoms. The van der Waals surface area contributed by atoms with Gasteiger partial charge in [0.25, 0.3) is 0 Å². The molecule has 0 aliphatic carbocycles. The van der Waals surface area contributed by atoms with Crippen molar-refractivity contribution >= 4 is 11.8 Å². The Hall–Kier alpha value is -1.46. The van der Waals surface area contributed by atoms with Gasteiger partial charge >= 0.3 is 6.18 Å². The molecule has 1 nitrogen and oxygen atoms in total. The minimum atomic E-state index is -4.34. The maximum atomic E-state index is 13.2. The minimum Gasteiger partial charge on any atom is -0.313 e. The third kappa shape index (κ3) is 4.51. The molecular weight excluding hydrogens is 295 g/mol. The summed E-state index contributed by atoms with van der Waals surface area (Å²) in [7, 11) is 0. The van der Waals surface area contributed by atoms with Crippen LogP contribution in [0.5, 0.6) is 0 Å². The van der Waals surface area contributed by atoms with Crippen LogP contribution < -0.4 is 5.32 Å². The van der Waals surface area contributed by atoms with Crippen LogP contribution in [0.2, 0.25) is 0 Å². The van der Waals surface area contributed by atoms with Gasteiger partial charge in [-0.1, -0.05) is 43.0 Å². The SMILES string of the molecule is CCNCc1ccc(Sc2ccccc2)cc1C(F)(F)F. The van der Waals surface area contributed by atoms with Crippen molar-refractivity contribution < 1.29 is 13.2 Å². The van der Waals surface area contributed by atoms with E-state index in [0.29, 0.717) is 11.4 Å². The zero-order chi connectivity index (χ0) is 15.3. The molecular formula is C16H16F3NS. The molecule has 0 aliphatic heterocycles. The lowest BCUT2D eigenvalue weighted by Gasteiger charge is -2.14. The first-order valence-electron chi connectivity index (χ1n) is 6.64. The Morgan fingerprint density at radius 3 is 2.33 bits per heavy atom. The summed E-state index contributed by atoms with van der Waals surface area (Å²) < 4.78 is 39.5. The lowest BCUT2D eigenvalue weighted by Crippen LogP contribution is -2.17. The van der Waals surface area contributed by atoms with Crippen molar-refractivity contribution in [2.45, 2.75) is 29.4 Å². The van der Waals surface area contributed by atoms with E-state index in [2.05, 4.69) is 5.32 Å². The third-order valence-electron chi connectivity index (χ3n) is 2.93. The molecule has 1 N–H and O–H groups in total. The smallest absolute Gasteiger partial charge is 0.313 e. The van der Waals surface area contributed by atoms with Crippen molar-refractivity contribution in [3.8, 4) is 0 Å². The Morgan fingerprint density at radius 1 is 1.00 bits per heavy atom. The first-order valence-corrected chi connectivity index (χ1v) is 7.46. The number of alkyl halides is 3. The van der Waals surface area contributed by atoms with Gasteiger partial charge in [0.1, 0.15) is 0 Å². The van der Waals surface area contributed by atoms with Crippen LogP contribution in [-0.2, 0) is 12.7 Å². The van der Waals surface area contributed by atoms with Crippen molar-refractivity contribution in [3.05, 3.63) is 59.7 Å². The third-order valence-corrected chi connectivity index (χ3v) is 3.93. The molecule has 0 aromatic heterocycles. The highest BCUT2D eigenvalue weighted by Crippen LogP contribution is 2.36. The van der Waals surface area contributed by atoms with Crippen LogP contribution >= 0.6 is 11.8 Å². The van der Waals surface area contributed by atoms with Crippen molar-refractivity contribution in [1.82, 2.24) is 5.32 Å². The molecule has 21 heavy (non-hydrogen) atoms. The first-order chi connectivity index (χ1) is 10.0. The average molecular weight is 311 g/mol. The Bertz CT molecular complexity index is 582. The van der Waals surface area contributed by atoms with Gasteiger partial charge in [-0.25, -0.2) is 0 Å². The predicted octanol–water partition coefficient (Wildman–Crippen LogP) is 4.97. The van der Waals surface area contributed by atoms with Crippen molar-refractivity contribution in [2.75, 3.05) is 6.54 Å². The lowest BCUT2D eigenvalue weighted by molar-refractivity contribution is -0.138. The van der Waals surface area contributed by atoms with Gasteiger partial charge in [0.2, 0.25) is 0 Å². The molecule has 0 unspecified atom stereocenters. The van der Waals surface area contributed by atoms with E-state index in [1.807, 2.05) is 37.3 Å². The first kappa shape index (κ1) is 15.9. The molecule has 0 bridgehead atoms. The van der Waals surface area contributed by atoms with Crippen LogP contribution in [0.25, 0.3) is 0 Å². The van der Waals surface area contributed by atoms with E-state index < -0.39 is 11.7 Å². The van der Waals surface area contributed by atoms with Crippen molar-refractivity contribution in [1.29, 1.82) is 0 Å². The van der Waals surface area contributed by atoms with Crippen LogP contribution in [0.4, 0.5) is 13.2 Å². The molecule has 2 rings (SSSR count). The number of hydrogen-bond donors (Lipinski definition) is 1. The number of hydrogen-bond acceptors (Lipinski definition) is 2. The number of halogens is 3. The topological polar surface area (TPSA) is 12.0 Å². The summed E-state index contributed by atoms with van der Waals surface area (Å²) in [4.78, 5) is 1.51. The van der Waals surface area contributed by atoms with E-state index in [-0.39, 0.29) is 12.1 Å². The highest BCUT2D eigenvalue weighted by molar-refractivity contribution is 7.99. The van der Waals surface area contributed by atoms with Gasteiger partial charge in [-0.15, -0.1) is 0 Å². The Morgan fingerprint density at radius 2 is 1.71 bits per heavy atom. The summed E-state index contributed by atoms with van der Waals surface area (Å²) in [6.45, 7) is 2.73. The van der Waals surface area contributed by atoms with E-state index in [1.165, 1.54) is 17.8 Å². The summed E-state index contributed by atoms with van der Waals surface area (Å²) in [5.74, 6) is 0. The maximum absolute atomic E-state index is 13.2. The number of rotatable bonds is 5. The predicted molar refractivity (Wildman–Crippen MR) is 79.4 cm³/mol. The standard InChI is InChI=1S/C16H16F3NS/c1-2-20-11-12-8-9-14(10-15(12)16(17,18)19)21-13-6-4-3-5-7-13/h3-10,20H,2,11H2,1H3.